The predicted octanol–water partition coefficient (Wildman–Crippen LogP) is 6.04. The summed E-state index contributed by atoms with van der Waals surface area (Å²) < 4.78 is 1.26. The molecule has 0 radical (unpaired) electrons. The van der Waals surface area contributed by atoms with Crippen LogP contribution >= 0.6 is 22.6 Å². The van der Waals surface area contributed by atoms with Crippen LogP contribution in [0.2, 0.25) is 0 Å². The van der Waals surface area contributed by atoms with E-state index in [1.165, 1.54) is 31.9 Å². The summed E-state index contributed by atoms with van der Waals surface area (Å²) in [6, 6.07) is 24.9. The first-order valence-corrected chi connectivity index (χ1v) is 9.74. The van der Waals surface area contributed by atoms with Gasteiger partial charge in [-0.25, -0.2) is 0 Å². The molecule has 0 saturated carbocycles. The molecule has 0 spiro atoms. The summed E-state index contributed by atoms with van der Waals surface area (Å²) in [7, 11) is 2.04. The summed E-state index contributed by atoms with van der Waals surface area (Å²) in [6.07, 6.45) is 3.11. The van der Waals surface area contributed by atoms with Crippen LogP contribution in [0.1, 0.15) is 24.5 Å². The molecule has 3 aromatic rings. The first-order valence-electron chi connectivity index (χ1n) is 8.66. The molecule has 3 aromatic carbocycles. The van der Waals surface area contributed by atoms with Gasteiger partial charge in [-0.1, -0.05) is 67.8 Å². The lowest BCUT2D eigenvalue weighted by molar-refractivity contribution is 0.921. The number of hydrogen-bond acceptors (Lipinski definition) is 1. The molecule has 0 heterocycles. The van der Waals surface area contributed by atoms with Crippen molar-refractivity contribution in [3.63, 3.8) is 0 Å². The average molecular weight is 439 g/mol. The second-order valence-corrected chi connectivity index (χ2v) is 7.37. The van der Waals surface area contributed by atoms with E-state index in [9.17, 15) is 0 Å². The number of hydrogen-bond donors (Lipinski definition) is 0. The molecule has 0 amide bonds. The van der Waals surface area contributed by atoms with Gasteiger partial charge in [0.05, 0.1) is 5.69 Å². The molecule has 0 aliphatic rings. The molecule has 0 saturated heterocycles. The smallest absolute Gasteiger partial charge is 0.0574 e. The molecular formula is C23H22IN. The van der Waals surface area contributed by atoms with E-state index in [4.69, 9.17) is 0 Å². The van der Waals surface area contributed by atoms with E-state index in [1.807, 2.05) is 11.9 Å². The van der Waals surface area contributed by atoms with Gasteiger partial charge in [0.25, 0.3) is 0 Å². The van der Waals surface area contributed by atoms with Crippen LogP contribution in [0, 0.1) is 15.5 Å². The largest absolute Gasteiger partial charge is 0.304 e. The minimum Gasteiger partial charge on any atom is -0.304 e. The molecule has 0 fully saturated rings. The Hall–Kier alpha value is -1.99. The Labute approximate surface area is 164 Å². The highest BCUT2D eigenvalue weighted by Crippen LogP contribution is 2.29. The SMILES string of the molecule is CCCc1ccc(CC#CN(C)c2cccc3cccc(I)c23)cc1. The van der Waals surface area contributed by atoms with Gasteiger partial charge < -0.3 is 4.90 Å². The summed E-state index contributed by atoms with van der Waals surface area (Å²) in [6.45, 7) is 2.21. The molecule has 1 nitrogen and oxygen atoms in total. The van der Waals surface area contributed by atoms with Gasteiger partial charge in [0.2, 0.25) is 0 Å². The zero-order valence-corrected chi connectivity index (χ0v) is 16.9. The maximum atomic E-state index is 3.31. The lowest BCUT2D eigenvalue weighted by Gasteiger charge is -2.15. The highest BCUT2D eigenvalue weighted by Gasteiger charge is 2.06. The van der Waals surface area contributed by atoms with Crippen LogP contribution in [0.3, 0.4) is 0 Å². The molecule has 25 heavy (non-hydrogen) atoms. The number of rotatable bonds is 4. The molecule has 0 aliphatic heterocycles. The molecule has 2 heteroatoms. The summed E-state index contributed by atoms with van der Waals surface area (Å²) in [4.78, 5) is 2.04. The predicted molar refractivity (Wildman–Crippen MR) is 117 cm³/mol. The molecule has 0 bridgehead atoms. The van der Waals surface area contributed by atoms with E-state index in [2.05, 4.69) is 102 Å². The van der Waals surface area contributed by atoms with E-state index in [0.29, 0.717) is 0 Å². The number of nitrogens with zero attached hydrogens (tertiary/aromatic N) is 1. The van der Waals surface area contributed by atoms with Crippen molar-refractivity contribution in [1.82, 2.24) is 0 Å². The van der Waals surface area contributed by atoms with Crippen LogP contribution in [-0.4, -0.2) is 7.05 Å². The lowest BCUT2D eigenvalue weighted by atomic mass is 10.1. The third-order valence-electron chi connectivity index (χ3n) is 4.29. The van der Waals surface area contributed by atoms with Crippen LogP contribution < -0.4 is 4.90 Å². The van der Waals surface area contributed by atoms with Crippen LogP contribution in [0.15, 0.2) is 60.7 Å². The number of aryl methyl sites for hydroxylation is 1. The summed E-state index contributed by atoms with van der Waals surface area (Å²) >= 11 is 2.40. The number of anilines is 1. The van der Waals surface area contributed by atoms with E-state index >= 15 is 0 Å². The van der Waals surface area contributed by atoms with Crippen molar-refractivity contribution in [3.05, 3.63) is 75.4 Å². The number of fused-ring (bicyclic) bond motifs is 1. The Morgan fingerprint density at radius 1 is 0.920 bits per heavy atom. The van der Waals surface area contributed by atoms with Crippen molar-refractivity contribution in [2.24, 2.45) is 0 Å². The van der Waals surface area contributed by atoms with Gasteiger partial charge in [-0.2, -0.15) is 0 Å². The van der Waals surface area contributed by atoms with Crippen molar-refractivity contribution in [2.45, 2.75) is 26.2 Å². The molecule has 0 N–H and O–H groups in total. The van der Waals surface area contributed by atoms with Crippen LogP contribution in [0.25, 0.3) is 10.8 Å². The summed E-state index contributed by atoms with van der Waals surface area (Å²) in [5, 5.41) is 2.52. The maximum absolute atomic E-state index is 3.31. The standard InChI is InChI=1S/C23H22IN/c1-3-7-18-13-15-19(16-14-18)8-6-17-25(2)22-12-5-10-20-9-4-11-21(24)23(20)22/h4-5,9-16H,3,7-8H2,1-2H3. The number of halogens is 1. The van der Waals surface area contributed by atoms with Crippen molar-refractivity contribution >= 4 is 39.1 Å². The fraction of sp³-hybridized carbons (Fsp3) is 0.217. The Bertz CT molecular complexity index is 911. The van der Waals surface area contributed by atoms with Gasteiger partial charge in [-0.15, -0.1) is 0 Å². The zero-order valence-electron chi connectivity index (χ0n) is 14.7. The molecule has 3 rings (SSSR count). The van der Waals surface area contributed by atoms with Crippen molar-refractivity contribution in [3.8, 4) is 12.0 Å². The van der Waals surface area contributed by atoms with Crippen LogP contribution in [0.5, 0.6) is 0 Å². The molecule has 126 valence electrons. The first kappa shape index (κ1) is 17.8. The maximum Gasteiger partial charge on any atom is 0.0574 e. The monoisotopic (exact) mass is 439 g/mol. The lowest BCUT2D eigenvalue weighted by Crippen LogP contribution is -2.09. The van der Waals surface area contributed by atoms with E-state index in [1.54, 1.807) is 0 Å². The first-order chi connectivity index (χ1) is 12.2. The molecular weight excluding hydrogens is 417 g/mol. The van der Waals surface area contributed by atoms with E-state index in [0.717, 1.165) is 18.5 Å². The van der Waals surface area contributed by atoms with Crippen molar-refractivity contribution in [2.75, 3.05) is 11.9 Å². The Morgan fingerprint density at radius 3 is 2.32 bits per heavy atom. The Balaban J connectivity index is 1.77. The minimum absolute atomic E-state index is 0.776. The quantitative estimate of drug-likeness (QED) is 0.272. The average Bonchev–Trinajstić information content (AvgIpc) is 2.63. The fourth-order valence-corrected chi connectivity index (χ4v) is 3.78. The van der Waals surface area contributed by atoms with Gasteiger partial charge in [-0.05, 0) is 57.7 Å². The zero-order chi connectivity index (χ0) is 17.6. The second-order valence-electron chi connectivity index (χ2n) is 6.21. The third-order valence-corrected chi connectivity index (χ3v) is 5.19. The Morgan fingerprint density at radius 2 is 1.60 bits per heavy atom. The van der Waals surface area contributed by atoms with Crippen LogP contribution in [0.4, 0.5) is 5.69 Å². The van der Waals surface area contributed by atoms with Gasteiger partial charge >= 0.3 is 0 Å². The van der Waals surface area contributed by atoms with Gasteiger partial charge in [-0.3, -0.25) is 0 Å². The van der Waals surface area contributed by atoms with Crippen molar-refractivity contribution in [1.29, 1.82) is 0 Å². The fourth-order valence-electron chi connectivity index (χ4n) is 2.99. The van der Waals surface area contributed by atoms with Gasteiger partial charge in [0.1, 0.15) is 0 Å². The van der Waals surface area contributed by atoms with E-state index in [-0.39, 0.29) is 0 Å². The van der Waals surface area contributed by atoms with Crippen molar-refractivity contribution < 1.29 is 0 Å². The summed E-state index contributed by atoms with van der Waals surface area (Å²) in [5.41, 5.74) is 3.84. The Kier molecular flexibility index (Phi) is 5.99. The van der Waals surface area contributed by atoms with Gasteiger partial charge in [0.15, 0.2) is 0 Å². The highest BCUT2D eigenvalue weighted by atomic mass is 127. The normalized spacial score (nSPS) is 10.4. The van der Waals surface area contributed by atoms with E-state index < -0.39 is 0 Å². The minimum atomic E-state index is 0.776. The molecule has 0 unspecified atom stereocenters. The second kappa shape index (κ2) is 8.40. The summed E-state index contributed by atoms with van der Waals surface area (Å²) in [5.74, 6) is 3.31. The van der Waals surface area contributed by atoms with Gasteiger partial charge in [0, 0.05) is 28.5 Å². The van der Waals surface area contributed by atoms with Crippen LogP contribution in [-0.2, 0) is 12.8 Å². The molecule has 0 atom stereocenters. The number of benzene rings is 3. The third kappa shape index (κ3) is 4.35. The molecule has 0 aromatic heterocycles. The molecule has 0 aliphatic carbocycles. The highest BCUT2D eigenvalue weighted by molar-refractivity contribution is 14.1. The topological polar surface area (TPSA) is 3.24 Å².